The summed E-state index contributed by atoms with van der Waals surface area (Å²) in [6, 6.07) is 9.66. The fourth-order valence-electron chi connectivity index (χ4n) is 5.73. The van der Waals surface area contributed by atoms with E-state index in [4.69, 9.17) is 0 Å². The molecule has 2 aliphatic heterocycles. The summed E-state index contributed by atoms with van der Waals surface area (Å²) in [7, 11) is 1.79. The Labute approximate surface area is 217 Å². The summed E-state index contributed by atoms with van der Waals surface area (Å²) < 4.78 is 27.9. The van der Waals surface area contributed by atoms with E-state index in [1.54, 1.807) is 42.0 Å². The first-order valence-electron chi connectivity index (χ1n) is 12.9. The number of aryl methyl sites for hydroxylation is 1. The van der Waals surface area contributed by atoms with Gasteiger partial charge in [0.1, 0.15) is 17.7 Å². The number of halogens is 2. The van der Waals surface area contributed by atoms with Crippen LogP contribution < -0.4 is 5.32 Å². The Morgan fingerprint density at radius 2 is 1.62 bits per heavy atom. The van der Waals surface area contributed by atoms with E-state index in [0.29, 0.717) is 32.5 Å². The van der Waals surface area contributed by atoms with Crippen LogP contribution in [0.3, 0.4) is 0 Å². The van der Waals surface area contributed by atoms with Crippen molar-refractivity contribution in [1.29, 1.82) is 0 Å². The second kappa shape index (κ2) is 10.6. The highest BCUT2D eigenvalue weighted by Crippen LogP contribution is 2.50. The van der Waals surface area contributed by atoms with Gasteiger partial charge >= 0.3 is 0 Å². The third-order valence-electron chi connectivity index (χ3n) is 8.04. The van der Waals surface area contributed by atoms with Crippen LogP contribution in [0.2, 0.25) is 0 Å². The summed E-state index contributed by atoms with van der Waals surface area (Å²) in [6.45, 7) is 7.01. The molecule has 1 unspecified atom stereocenters. The van der Waals surface area contributed by atoms with Crippen LogP contribution in [-0.4, -0.2) is 60.2 Å². The van der Waals surface area contributed by atoms with Gasteiger partial charge in [0.05, 0.1) is 11.5 Å². The number of carbonyl (C=O) groups is 3. The zero-order valence-corrected chi connectivity index (χ0v) is 21.9. The first kappa shape index (κ1) is 26.8. The summed E-state index contributed by atoms with van der Waals surface area (Å²) >= 11 is 0. The molecule has 2 atom stereocenters. The van der Waals surface area contributed by atoms with Crippen LogP contribution >= 0.6 is 0 Å². The number of piperidine rings is 2. The van der Waals surface area contributed by atoms with Gasteiger partial charge in [-0.15, -0.1) is 0 Å². The van der Waals surface area contributed by atoms with E-state index in [0.717, 1.165) is 17.5 Å². The van der Waals surface area contributed by atoms with Crippen LogP contribution in [0.15, 0.2) is 42.5 Å². The van der Waals surface area contributed by atoms with Crippen LogP contribution in [-0.2, 0) is 9.59 Å². The average molecular weight is 512 g/mol. The Hall–Kier alpha value is -3.29. The first-order valence-corrected chi connectivity index (χ1v) is 12.9. The fourth-order valence-corrected chi connectivity index (χ4v) is 5.73. The second-order valence-corrected chi connectivity index (χ2v) is 10.9. The molecule has 6 nitrogen and oxygen atoms in total. The van der Waals surface area contributed by atoms with E-state index < -0.39 is 23.7 Å². The van der Waals surface area contributed by atoms with E-state index in [2.05, 4.69) is 5.32 Å². The topological polar surface area (TPSA) is 69.7 Å². The smallest absolute Gasteiger partial charge is 0.254 e. The van der Waals surface area contributed by atoms with Crippen LogP contribution in [0.4, 0.5) is 8.78 Å². The zero-order chi connectivity index (χ0) is 26.9. The largest absolute Gasteiger partial charge is 0.345 e. The molecule has 0 aliphatic carbocycles. The van der Waals surface area contributed by atoms with E-state index in [-0.39, 0.29) is 34.5 Å². The molecule has 37 heavy (non-hydrogen) atoms. The molecule has 2 heterocycles. The molecule has 2 fully saturated rings. The molecule has 0 aromatic heterocycles. The zero-order valence-electron chi connectivity index (χ0n) is 21.9. The fraction of sp³-hybridized carbons (Fsp3) is 0.483. The number of nitrogens with one attached hydrogen (secondary N) is 1. The number of rotatable bonds is 5. The van der Waals surface area contributed by atoms with E-state index >= 15 is 0 Å². The number of hydrogen-bond donors (Lipinski definition) is 1. The second-order valence-electron chi connectivity index (χ2n) is 10.9. The minimum atomic E-state index is -0.798. The van der Waals surface area contributed by atoms with Gasteiger partial charge in [0.25, 0.3) is 5.91 Å². The van der Waals surface area contributed by atoms with Crippen molar-refractivity contribution >= 4 is 17.7 Å². The van der Waals surface area contributed by atoms with Gasteiger partial charge in [-0.05, 0) is 67.3 Å². The van der Waals surface area contributed by atoms with Crippen LogP contribution in [0, 0.1) is 29.9 Å². The van der Waals surface area contributed by atoms with Gasteiger partial charge in [0.15, 0.2) is 0 Å². The molecule has 2 aromatic carbocycles. The molecule has 0 saturated carbocycles. The Kier molecular flexibility index (Phi) is 7.67. The van der Waals surface area contributed by atoms with Crippen molar-refractivity contribution in [2.24, 2.45) is 11.3 Å². The quantitative estimate of drug-likeness (QED) is 0.652. The molecule has 2 saturated heterocycles. The molecule has 0 bridgehead atoms. The predicted molar refractivity (Wildman–Crippen MR) is 137 cm³/mol. The van der Waals surface area contributed by atoms with Crippen LogP contribution in [0.5, 0.6) is 0 Å². The lowest BCUT2D eigenvalue weighted by Crippen LogP contribution is -2.57. The normalized spacial score (nSPS) is 20.3. The lowest BCUT2D eigenvalue weighted by Gasteiger charge is -2.51. The molecule has 3 amide bonds. The van der Waals surface area contributed by atoms with Gasteiger partial charge in [-0.1, -0.05) is 37.6 Å². The third-order valence-corrected chi connectivity index (χ3v) is 8.04. The SMILES string of the molecule is Cc1ccc(F)c(C(=O)N[C@@H](C(=O)N2CCC3(CCN(C)C(=O)C3c3ccc(F)cc3)CC2)C(C)C)c1. The summed E-state index contributed by atoms with van der Waals surface area (Å²) in [6.07, 6.45) is 2.06. The van der Waals surface area contributed by atoms with Gasteiger partial charge in [-0.3, -0.25) is 14.4 Å². The van der Waals surface area contributed by atoms with Gasteiger partial charge in [0.2, 0.25) is 11.8 Å². The standard InChI is InChI=1S/C29H35F2N3O3/c1-18(2)25(32-26(35)22-17-19(3)5-10-23(22)31)28(37)34-15-12-29(13-16-34)11-14-33(4)27(36)24(29)20-6-8-21(30)9-7-20/h5-10,17-18,24-25H,11-16H2,1-4H3,(H,32,35)/t24?,25-/m1/s1. The highest BCUT2D eigenvalue weighted by atomic mass is 19.1. The molecule has 198 valence electrons. The maximum Gasteiger partial charge on any atom is 0.254 e. The molecule has 0 radical (unpaired) electrons. The van der Waals surface area contributed by atoms with E-state index in [1.165, 1.54) is 24.3 Å². The molecule has 1 spiro atoms. The first-order chi connectivity index (χ1) is 17.5. The number of carbonyl (C=O) groups excluding carboxylic acids is 3. The number of hydrogen-bond acceptors (Lipinski definition) is 3. The van der Waals surface area contributed by atoms with Crippen molar-refractivity contribution in [2.45, 2.75) is 52.0 Å². The Morgan fingerprint density at radius 1 is 1.00 bits per heavy atom. The maximum atomic E-state index is 14.3. The lowest BCUT2D eigenvalue weighted by molar-refractivity contribution is -0.144. The van der Waals surface area contributed by atoms with Crippen molar-refractivity contribution in [1.82, 2.24) is 15.1 Å². The molecule has 2 aromatic rings. The van der Waals surface area contributed by atoms with Crippen molar-refractivity contribution in [3.05, 3.63) is 70.8 Å². The summed E-state index contributed by atoms with van der Waals surface area (Å²) in [5.74, 6) is -2.36. The summed E-state index contributed by atoms with van der Waals surface area (Å²) in [4.78, 5) is 43.1. The van der Waals surface area contributed by atoms with Crippen molar-refractivity contribution in [3.8, 4) is 0 Å². The highest BCUT2D eigenvalue weighted by molar-refractivity contribution is 5.98. The van der Waals surface area contributed by atoms with Crippen molar-refractivity contribution < 1.29 is 23.2 Å². The van der Waals surface area contributed by atoms with Crippen molar-refractivity contribution in [3.63, 3.8) is 0 Å². The monoisotopic (exact) mass is 511 g/mol. The van der Waals surface area contributed by atoms with Gasteiger partial charge in [-0.25, -0.2) is 8.78 Å². The lowest BCUT2D eigenvalue weighted by atomic mass is 9.62. The predicted octanol–water partition coefficient (Wildman–Crippen LogP) is 4.28. The number of benzene rings is 2. The summed E-state index contributed by atoms with van der Waals surface area (Å²) in [5.41, 5.74) is 1.15. The van der Waals surface area contributed by atoms with E-state index in [9.17, 15) is 23.2 Å². The third kappa shape index (κ3) is 5.38. The number of likely N-dealkylation sites (tertiary alicyclic amines) is 2. The number of likely N-dealkylation sites (N-methyl/N-ethyl adjacent to an activating group) is 1. The molecule has 4 rings (SSSR count). The minimum Gasteiger partial charge on any atom is -0.345 e. The van der Waals surface area contributed by atoms with Crippen molar-refractivity contribution in [2.75, 3.05) is 26.7 Å². The Morgan fingerprint density at radius 3 is 2.24 bits per heavy atom. The van der Waals surface area contributed by atoms with Gasteiger partial charge < -0.3 is 15.1 Å². The average Bonchev–Trinajstić information content (AvgIpc) is 2.87. The Bertz CT molecular complexity index is 1170. The van der Waals surface area contributed by atoms with Gasteiger partial charge in [0, 0.05) is 26.7 Å². The van der Waals surface area contributed by atoms with Crippen LogP contribution in [0.1, 0.15) is 60.5 Å². The van der Waals surface area contributed by atoms with Gasteiger partial charge in [-0.2, -0.15) is 0 Å². The molecular weight excluding hydrogens is 476 g/mol. The number of nitrogens with zero attached hydrogens (tertiary/aromatic N) is 2. The highest BCUT2D eigenvalue weighted by Gasteiger charge is 2.50. The van der Waals surface area contributed by atoms with E-state index in [1.807, 2.05) is 13.8 Å². The maximum absolute atomic E-state index is 14.3. The molecule has 2 aliphatic rings. The molecular formula is C29H35F2N3O3. The Balaban J connectivity index is 1.50. The molecule has 1 N–H and O–H groups in total. The molecule has 8 heteroatoms. The van der Waals surface area contributed by atoms with Crippen LogP contribution in [0.25, 0.3) is 0 Å². The summed E-state index contributed by atoms with van der Waals surface area (Å²) in [5, 5.41) is 2.76. The minimum absolute atomic E-state index is 0.0186. The number of amides is 3.